The minimum absolute atomic E-state index is 0.131. The maximum atomic E-state index is 11.3. The van der Waals surface area contributed by atoms with Gasteiger partial charge < -0.3 is 10.1 Å². The number of carbonyl (C=O) groups excluding carboxylic acids is 1. The molecular formula is C11H23NO2. The second-order valence-corrected chi connectivity index (χ2v) is 4.60. The van der Waals surface area contributed by atoms with Crippen LogP contribution in [0.5, 0.6) is 0 Å². The average molecular weight is 201 g/mol. The lowest BCUT2D eigenvalue weighted by atomic mass is 10.2. The van der Waals surface area contributed by atoms with E-state index >= 15 is 0 Å². The molecule has 0 rings (SSSR count). The van der Waals surface area contributed by atoms with Crippen molar-refractivity contribution < 1.29 is 9.53 Å². The van der Waals surface area contributed by atoms with Gasteiger partial charge in [-0.1, -0.05) is 6.92 Å². The van der Waals surface area contributed by atoms with Gasteiger partial charge >= 0.3 is 5.97 Å². The van der Waals surface area contributed by atoms with Crippen molar-refractivity contribution in [1.82, 2.24) is 5.32 Å². The van der Waals surface area contributed by atoms with E-state index in [0.717, 1.165) is 6.42 Å². The molecule has 3 heteroatoms. The van der Waals surface area contributed by atoms with Gasteiger partial charge in [-0.05, 0) is 34.1 Å². The summed E-state index contributed by atoms with van der Waals surface area (Å²) in [4.78, 5) is 11.3. The molecule has 1 N–H and O–H groups in total. The number of esters is 1. The number of hydrogen-bond donors (Lipinski definition) is 1. The smallest absolute Gasteiger partial charge is 0.307 e. The van der Waals surface area contributed by atoms with E-state index in [1.165, 1.54) is 0 Å². The van der Waals surface area contributed by atoms with Crippen molar-refractivity contribution in [3.63, 3.8) is 0 Å². The minimum Gasteiger partial charge on any atom is -0.460 e. The van der Waals surface area contributed by atoms with Gasteiger partial charge in [0.1, 0.15) is 5.60 Å². The highest BCUT2D eigenvalue weighted by molar-refractivity contribution is 5.70. The highest BCUT2D eigenvalue weighted by Gasteiger charge is 2.15. The Morgan fingerprint density at radius 2 is 2.00 bits per heavy atom. The second-order valence-electron chi connectivity index (χ2n) is 4.60. The zero-order valence-corrected chi connectivity index (χ0v) is 10.0. The Balaban J connectivity index is 3.55. The summed E-state index contributed by atoms with van der Waals surface area (Å²) in [5.74, 6) is -0.131. The van der Waals surface area contributed by atoms with Crippen LogP contribution in [0.15, 0.2) is 0 Å². The van der Waals surface area contributed by atoms with E-state index in [9.17, 15) is 4.79 Å². The molecule has 0 unspecified atom stereocenters. The van der Waals surface area contributed by atoms with Crippen LogP contribution in [0, 0.1) is 0 Å². The topological polar surface area (TPSA) is 38.3 Å². The summed E-state index contributed by atoms with van der Waals surface area (Å²) in [6, 6.07) is 0.470. The van der Waals surface area contributed by atoms with E-state index in [2.05, 4.69) is 19.2 Å². The molecule has 0 aliphatic carbocycles. The highest BCUT2D eigenvalue weighted by Crippen LogP contribution is 2.07. The van der Waals surface area contributed by atoms with Gasteiger partial charge in [0, 0.05) is 12.6 Å². The molecule has 0 aliphatic heterocycles. The summed E-state index contributed by atoms with van der Waals surface area (Å²) in [5, 5.41) is 3.25. The molecule has 0 amide bonds. The third-order valence-corrected chi connectivity index (χ3v) is 1.85. The number of ether oxygens (including phenoxy) is 1. The zero-order valence-electron chi connectivity index (χ0n) is 10.0. The van der Waals surface area contributed by atoms with Gasteiger partial charge in [-0.3, -0.25) is 4.79 Å². The summed E-state index contributed by atoms with van der Waals surface area (Å²) >= 11 is 0. The molecule has 0 aromatic rings. The van der Waals surface area contributed by atoms with E-state index in [4.69, 9.17) is 4.74 Å². The molecule has 3 nitrogen and oxygen atoms in total. The zero-order chi connectivity index (χ0) is 11.2. The predicted molar refractivity (Wildman–Crippen MR) is 58.2 cm³/mol. The lowest BCUT2D eigenvalue weighted by molar-refractivity contribution is -0.154. The Labute approximate surface area is 87.2 Å². The molecule has 0 saturated carbocycles. The fourth-order valence-electron chi connectivity index (χ4n) is 0.958. The van der Waals surface area contributed by atoms with Crippen LogP contribution >= 0.6 is 0 Å². The number of rotatable bonds is 5. The number of nitrogens with one attached hydrogen (secondary N) is 1. The molecule has 0 spiro atoms. The average Bonchev–Trinajstić information content (AvgIpc) is 2.00. The number of hydrogen-bond acceptors (Lipinski definition) is 3. The van der Waals surface area contributed by atoms with Gasteiger partial charge in [0.05, 0.1) is 6.42 Å². The third-order valence-electron chi connectivity index (χ3n) is 1.85. The van der Waals surface area contributed by atoms with Gasteiger partial charge in [0.25, 0.3) is 0 Å². The monoisotopic (exact) mass is 201 g/mol. The quantitative estimate of drug-likeness (QED) is 0.692. The van der Waals surface area contributed by atoms with Crippen molar-refractivity contribution in [1.29, 1.82) is 0 Å². The third kappa shape index (κ3) is 8.05. The summed E-state index contributed by atoms with van der Waals surface area (Å²) in [5.41, 5.74) is -0.368. The Hall–Kier alpha value is -0.570. The first-order valence-corrected chi connectivity index (χ1v) is 5.30. The van der Waals surface area contributed by atoms with Crippen molar-refractivity contribution in [3.8, 4) is 0 Å². The highest BCUT2D eigenvalue weighted by atomic mass is 16.6. The van der Waals surface area contributed by atoms with Gasteiger partial charge in [-0.2, -0.15) is 0 Å². The van der Waals surface area contributed by atoms with Gasteiger partial charge in [0.2, 0.25) is 0 Å². The van der Waals surface area contributed by atoms with Crippen LogP contribution in [0.2, 0.25) is 0 Å². The lowest BCUT2D eigenvalue weighted by Gasteiger charge is -2.19. The van der Waals surface area contributed by atoms with E-state index in [1.54, 1.807) is 0 Å². The maximum absolute atomic E-state index is 11.3. The Bertz CT molecular complexity index is 173. The first kappa shape index (κ1) is 13.4. The van der Waals surface area contributed by atoms with Crippen LogP contribution in [0.1, 0.15) is 47.5 Å². The Kier molecular flexibility index (Phi) is 5.77. The van der Waals surface area contributed by atoms with Crippen LogP contribution in [-0.4, -0.2) is 24.2 Å². The molecular weight excluding hydrogens is 178 g/mol. The van der Waals surface area contributed by atoms with E-state index in [-0.39, 0.29) is 11.6 Å². The van der Waals surface area contributed by atoms with Gasteiger partial charge in [-0.25, -0.2) is 0 Å². The molecule has 0 saturated heterocycles. The Morgan fingerprint density at radius 3 is 2.43 bits per heavy atom. The normalized spacial score (nSPS) is 13.8. The van der Waals surface area contributed by atoms with E-state index < -0.39 is 0 Å². The van der Waals surface area contributed by atoms with Gasteiger partial charge in [-0.15, -0.1) is 0 Å². The second kappa shape index (κ2) is 6.02. The van der Waals surface area contributed by atoms with E-state index in [1.807, 2.05) is 20.8 Å². The van der Waals surface area contributed by atoms with Crippen molar-refractivity contribution in [2.45, 2.75) is 59.1 Å². The molecule has 14 heavy (non-hydrogen) atoms. The SMILES string of the molecule is CC[C@@H](C)NCCC(=O)OC(C)(C)C. The van der Waals surface area contributed by atoms with Crippen molar-refractivity contribution in [2.24, 2.45) is 0 Å². The van der Waals surface area contributed by atoms with Crippen LogP contribution in [0.3, 0.4) is 0 Å². The van der Waals surface area contributed by atoms with Crippen molar-refractivity contribution in [2.75, 3.05) is 6.54 Å². The van der Waals surface area contributed by atoms with Crippen molar-refractivity contribution >= 4 is 5.97 Å². The fourth-order valence-corrected chi connectivity index (χ4v) is 0.958. The predicted octanol–water partition coefficient (Wildman–Crippen LogP) is 2.11. The Morgan fingerprint density at radius 1 is 1.43 bits per heavy atom. The lowest BCUT2D eigenvalue weighted by Crippen LogP contribution is -2.30. The largest absolute Gasteiger partial charge is 0.460 e. The molecule has 0 aromatic carbocycles. The molecule has 0 aliphatic rings. The molecule has 84 valence electrons. The van der Waals surface area contributed by atoms with Crippen LogP contribution in [0.25, 0.3) is 0 Å². The minimum atomic E-state index is -0.368. The summed E-state index contributed by atoms with van der Waals surface area (Å²) in [6.45, 7) is 10.6. The summed E-state index contributed by atoms with van der Waals surface area (Å²) < 4.78 is 5.17. The summed E-state index contributed by atoms with van der Waals surface area (Å²) in [6.07, 6.45) is 1.52. The molecule has 1 atom stereocenters. The standard InChI is InChI=1S/C11H23NO2/c1-6-9(2)12-8-7-10(13)14-11(3,4)5/h9,12H,6-8H2,1-5H3/t9-/m1/s1. The van der Waals surface area contributed by atoms with E-state index in [0.29, 0.717) is 19.0 Å². The van der Waals surface area contributed by atoms with Crippen LogP contribution < -0.4 is 5.32 Å². The molecule has 0 fully saturated rings. The maximum Gasteiger partial charge on any atom is 0.307 e. The van der Waals surface area contributed by atoms with Gasteiger partial charge in [0.15, 0.2) is 0 Å². The summed E-state index contributed by atoms with van der Waals surface area (Å²) in [7, 11) is 0. The first-order chi connectivity index (χ1) is 6.35. The molecule has 0 bridgehead atoms. The first-order valence-electron chi connectivity index (χ1n) is 5.30. The van der Waals surface area contributed by atoms with Crippen LogP contribution in [0.4, 0.5) is 0 Å². The molecule has 0 aromatic heterocycles. The van der Waals surface area contributed by atoms with Crippen molar-refractivity contribution in [3.05, 3.63) is 0 Å². The van der Waals surface area contributed by atoms with Crippen LogP contribution in [-0.2, 0) is 9.53 Å². The molecule has 0 heterocycles. The molecule has 0 radical (unpaired) electrons. The fraction of sp³-hybridized carbons (Fsp3) is 0.909. The number of carbonyl (C=O) groups is 1.